The molecule has 5 nitrogen and oxygen atoms in total. The average molecular weight is 444 g/mol. The van der Waals surface area contributed by atoms with E-state index in [4.69, 9.17) is 23.2 Å². The lowest BCUT2D eigenvalue weighted by molar-refractivity contribution is -0.140. The Morgan fingerprint density at radius 2 is 1.79 bits per heavy atom. The number of hydrazone groups is 1. The van der Waals surface area contributed by atoms with Gasteiger partial charge in [-0.15, -0.1) is 0 Å². The summed E-state index contributed by atoms with van der Waals surface area (Å²) >= 11 is 11.9. The van der Waals surface area contributed by atoms with Crippen molar-refractivity contribution in [3.8, 4) is 0 Å². The molecule has 0 aliphatic carbocycles. The molecule has 0 aliphatic heterocycles. The lowest BCUT2D eigenvalue weighted by atomic mass is 10.1. The number of nitrogens with zero attached hydrogens (tertiary/aromatic N) is 3. The van der Waals surface area contributed by atoms with Crippen LogP contribution in [0.5, 0.6) is 0 Å². The minimum Gasteiger partial charge on any atom is -0.340 e. The summed E-state index contributed by atoms with van der Waals surface area (Å²) in [5.41, 5.74) is 1.78. The van der Waals surface area contributed by atoms with E-state index in [0.717, 1.165) is 12.3 Å². The Kier molecular flexibility index (Phi) is 6.19. The molecular formula is C18H11Cl2F4N5. The Balaban J connectivity index is 1.75. The van der Waals surface area contributed by atoms with Gasteiger partial charge in [-0.05, 0) is 35.9 Å². The third-order valence-electron chi connectivity index (χ3n) is 3.47. The Bertz CT molecular complexity index is 1060. The van der Waals surface area contributed by atoms with Crippen molar-refractivity contribution in [2.45, 2.75) is 6.18 Å². The number of rotatable bonds is 5. The minimum absolute atomic E-state index is 0.00330. The van der Waals surface area contributed by atoms with Crippen molar-refractivity contribution in [2.24, 2.45) is 5.10 Å². The highest BCUT2D eigenvalue weighted by molar-refractivity contribution is 6.31. The van der Waals surface area contributed by atoms with Crippen LogP contribution in [-0.4, -0.2) is 16.2 Å². The summed E-state index contributed by atoms with van der Waals surface area (Å²) in [4.78, 5) is 8.06. The van der Waals surface area contributed by atoms with Gasteiger partial charge in [-0.3, -0.25) is 0 Å². The van der Waals surface area contributed by atoms with Crippen molar-refractivity contribution < 1.29 is 17.6 Å². The predicted octanol–water partition coefficient (Wildman–Crippen LogP) is 6.13. The normalized spacial score (nSPS) is 11.7. The summed E-state index contributed by atoms with van der Waals surface area (Å²) in [5, 5.41) is 7.38. The summed E-state index contributed by atoms with van der Waals surface area (Å²) in [7, 11) is 0. The van der Waals surface area contributed by atoms with Crippen molar-refractivity contribution in [1.82, 2.24) is 9.97 Å². The van der Waals surface area contributed by atoms with Gasteiger partial charge >= 0.3 is 6.18 Å². The molecule has 0 atom stereocenters. The molecule has 0 aliphatic rings. The van der Waals surface area contributed by atoms with Crippen LogP contribution < -0.4 is 10.7 Å². The van der Waals surface area contributed by atoms with Gasteiger partial charge in [0.05, 0.1) is 11.8 Å². The molecule has 0 saturated carbocycles. The first-order valence-corrected chi connectivity index (χ1v) is 8.69. The number of anilines is 3. The van der Waals surface area contributed by atoms with Gasteiger partial charge < -0.3 is 5.32 Å². The fraction of sp³-hybridized carbons (Fsp3) is 0.0556. The van der Waals surface area contributed by atoms with Crippen molar-refractivity contribution in [2.75, 3.05) is 10.7 Å². The molecule has 0 unspecified atom stereocenters. The molecule has 0 radical (unpaired) electrons. The van der Waals surface area contributed by atoms with E-state index in [1.165, 1.54) is 6.07 Å². The molecule has 3 rings (SSSR count). The topological polar surface area (TPSA) is 62.2 Å². The zero-order valence-electron chi connectivity index (χ0n) is 14.3. The van der Waals surface area contributed by atoms with Gasteiger partial charge in [0, 0.05) is 16.8 Å². The Morgan fingerprint density at radius 3 is 2.52 bits per heavy atom. The van der Waals surface area contributed by atoms with Crippen LogP contribution in [0.4, 0.5) is 35.0 Å². The van der Waals surface area contributed by atoms with E-state index in [2.05, 4.69) is 25.8 Å². The first-order chi connectivity index (χ1) is 13.7. The van der Waals surface area contributed by atoms with E-state index in [-0.39, 0.29) is 16.7 Å². The number of hydrogen-bond acceptors (Lipinski definition) is 5. The molecule has 0 saturated heterocycles. The number of alkyl halides is 3. The molecule has 0 spiro atoms. The van der Waals surface area contributed by atoms with Crippen LogP contribution in [0.25, 0.3) is 0 Å². The largest absolute Gasteiger partial charge is 0.419 e. The fourth-order valence-corrected chi connectivity index (χ4v) is 2.62. The van der Waals surface area contributed by atoms with E-state index in [1.54, 1.807) is 24.3 Å². The van der Waals surface area contributed by atoms with Crippen LogP contribution in [0.15, 0.2) is 53.6 Å². The summed E-state index contributed by atoms with van der Waals surface area (Å²) in [6.07, 6.45) is -3.73. The Labute approximate surface area is 172 Å². The van der Waals surface area contributed by atoms with E-state index >= 15 is 0 Å². The molecule has 1 aromatic heterocycles. The van der Waals surface area contributed by atoms with Crippen LogP contribution in [0, 0.1) is 5.82 Å². The zero-order chi connectivity index (χ0) is 21.0. The molecule has 29 heavy (non-hydrogen) atoms. The zero-order valence-corrected chi connectivity index (χ0v) is 15.8. The molecule has 0 fully saturated rings. The molecular weight excluding hydrogens is 433 g/mol. The minimum atomic E-state index is -4.81. The maximum Gasteiger partial charge on any atom is 0.419 e. The Hall–Kier alpha value is -2.91. The molecule has 1 heterocycles. The third-order valence-corrected chi connectivity index (χ3v) is 3.89. The van der Waals surface area contributed by atoms with Crippen molar-refractivity contribution >= 4 is 46.9 Å². The van der Waals surface area contributed by atoms with E-state index < -0.39 is 17.6 Å². The average Bonchev–Trinajstić information content (AvgIpc) is 2.62. The highest BCUT2D eigenvalue weighted by Gasteiger charge is 2.34. The monoisotopic (exact) mass is 443 g/mol. The maximum absolute atomic E-state index is 13.3. The van der Waals surface area contributed by atoms with Crippen LogP contribution in [0.3, 0.4) is 0 Å². The highest BCUT2D eigenvalue weighted by atomic mass is 35.5. The number of halogens is 6. The van der Waals surface area contributed by atoms with Gasteiger partial charge in [-0.25, -0.2) is 9.82 Å². The summed E-state index contributed by atoms with van der Waals surface area (Å²) in [6, 6.07) is 10.9. The molecule has 11 heteroatoms. The smallest absolute Gasteiger partial charge is 0.340 e. The highest BCUT2D eigenvalue weighted by Crippen LogP contribution is 2.31. The second-order valence-electron chi connectivity index (χ2n) is 5.64. The maximum atomic E-state index is 13.3. The molecule has 2 N–H and O–H groups in total. The van der Waals surface area contributed by atoms with Gasteiger partial charge in [0.25, 0.3) is 0 Å². The van der Waals surface area contributed by atoms with Crippen LogP contribution in [0.2, 0.25) is 10.2 Å². The second-order valence-corrected chi connectivity index (χ2v) is 6.47. The predicted molar refractivity (Wildman–Crippen MR) is 104 cm³/mol. The van der Waals surface area contributed by atoms with Crippen molar-refractivity contribution in [1.29, 1.82) is 0 Å². The summed E-state index contributed by atoms with van der Waals surface area (Å²) in [6.45, 7) is 0. The number of benzene rings is 2. The van der Waals surface area contributed by atoms with Crippen LogP contribution in [-0.2, 0) is 6.18 Å². The molecule has 3 aromatic rings. The lowest BCUT2D eigenvalue weighted by Gasteiger charge is -2.09. The number of aromatic nitrogens is 2. The van der Waals surface area contributed by atoms with E-state index in [1.807, 2.05) is 0 Å². The molecule has 0 bridgehead atoms. The van der Waals surface area contributed by atoms with Gasteiger partial charge in [-0.1, -0.05) is 35.3 Å². The third kappa shape index (κ3) is 5.78. The lowest BCUT2D eigenvalue weighted by Crippen LogP contribution is -2.08. The first kappa shape index (κ1) is 20.8. The Morgan fingerprint density at radius 1 is 1.00 bits per heavy atom. The second kappa shape index (κ2) is 8.62. The van der Waals surface area contributed by atoms with Gasteiger partial charge in [-0.2, -0.15) is 28.2 Å². The first-order valence-electron chi connectivity index (χ1n) is 7.94. The van der Waals surface area contributed by atoms with E-state index in [9.17, 15) is 17.6 Å². The number of hydrogen-bond donors (Lipinski definition) is 2. The van der Waals surface area contributed by atoms with Crippen molar-refractivity contribution in [3.63, 3.8) is 0 Å². The van der Waals surface area contributed by atoms with Crippen LogP contribution in [0.1, 0.15) is 11.1 Å². The fourth-order valence-electron chi connectivity index (χ4n) is 2.25. The van der Waals surface area contributed by atoms with Gasteiger partial charge in [0.2, 0.25) is 5.95 Å². The van der Waals surface area contributed by atoms with Gasteiger partial charge in [0.1, 0.15) is 16.8 Å². The van der Waals surface area contributed by atoms with Gasteiger partial charge in [0.15, 0.2) is 0 Å². The SMILES string of the molecule is Fc1ccc(/C=N/Nc2nc(Cl)cc(Nc3cccc(Cl)c3)n2)cc1C(F)(F)F. The van der Waals surface area contributed by atoms with Crippen LogP contribution >= 0.6 is 23.2 Å². The summed E-state index contributed by atoms with van der Waals surface area (Å²) in [5.74, 6) is -1.03. The molecule has 0 amide bonds. The van der Waals surface area contributed by atoms with Crippen molar-refractivity contribution in [3.05, 3.63) is 75.7 Å². The molecule has 2 aromatic carbocycles. The number of nitrogens with one attached hydrogen (secondary N) is 2. The summed E-state index contributed by atoms with van der Waals surface area (Å²) < 4.78 is 51.6. The standard InChI is InChI=1S/C18H11Cl2F4N5/c19-11-2-1-3-12(7-11)26-16-8-15(20)27-17(28-16)29-25-9-10-4-5-14(21)13(6-10)18(22,23)24/h1-9H,(H2,26,27,28,29)/b25-9+. The molecule has 150 valence electrons. The quantitative estimate of drug-likeness (QED) is 0.215. The van der Waals surface area contributed by atoms with E-state index in [0.29, 0.717) is 28.7 Å².